The molecule has 178 valence electrons. The smallest absolute Gasteiger partial charge is 0.302 e. The zero-order valence-electron chi connectivity index (χ0n) is 20.4. The van der Waals surface area contributed by atoms with Gasteiger partial charge in [0.1, 0.15) is 12.2 Å². The van der Waals surface area contributed by atoms with E-state index >= 15 is 0 Å². The molecule has 2 unspecified atom stereocenters. The molecule has 32 heavy (non-hydrogen) atoms. The molecule has 4 atom stereocenters. The molecule has 2 fully saturated rings. The van der Waals surface area contributed by atoms with Crippen LogP contribution in [-0.4, -0.2) is 34.9 Å². The van der Waals surface area contributed by atoms with Gasteiger partial charge in [-0.2, -0.15) is 0 Å². The van der Waals surface area contributed by atoms with Gasteiger partial charge in [-0.3, -0.25) is 9.59 Å². The summed E-state index contributed by atoms with van der Waals surface area (Å²) in [7, 11) is 0. The van der Waals surface area contributed by atoms with Crippen LogP contribution in [0.15, 0.2) is 34.9 Å². The minimum Gasteiger partial charge on any atom is -0.462 e. The number of hydrogen-bond donors (Lipinski definition) is 1. The highest BCUT2D eigenvalue weighted by molar-refractivity contribution is 5.67. The maximum Gasteiger partial charge on any atom is 0.302 e. The van der Waals surface area contributed by atoms with Crippen LogP contribution in [0.25, 0.3) is 0 Å². The van der Waals surface area contributed by atoms with Gasteiger partial charge < -0.3 is 14.6 Å². The third-order valence-corrected chi connectivity index (χ3v) is 7.42. The third kappa shape index (κ3) is 6.34. The lowest BCUT2D eigenvalue weighted by molar-refractivity contribution is -0.154. The van der Waals surface area contributed by atoms with Gasteiger partial charge in [-0.1, -0.05) is 41.9 Å². The lowest BCUT2D eigenvalue weighted by Crippen LogP contribution is -2.32. The quantitative estimate of drug-likeness (QED) is 0.428. The first-order valence-electron chi connectivity index (χ1n) is 12.1. The molecule has 5 nitrogen and oxygen atoms in total. The number of esters is 2. The number of allylic oxidation sites excluding steroid dienone is 5. The SMILES string of the molecule is CC(=O)OC1CC(=C/C=C2\CCC[C@]3(C)C(CCC(C)(C)O)=CCC23)C[C@@H](OC(C)=O)C1. The van der Waals surface area contributed by atoms with Crippen molar-refractivity contribution in [3.63, 3.8) is 0 Å². The average Bonchev–Trinajstić information content (AvgIpc) is 2.99. The van der Waals surface area contributed by atoms with Crippen LogP contribution < -0.4 is 0 Å². The summed E-state index contributed by atoms with van der Waals surface area (Å²) in [5, 5.41) is 10.2. The zero-order valence-corrected chi connectivity index (χ0v) is 20.4. The van der Waals surface area contributed by atoms with Gasteiger partial charge in [0.2, 0.25) is 0 Å². The summed E-state index contributed by atoms with van der Waals surface area (Å²) < 4.78 is 10.9. The Hall–Kier alpha value is -1.88. The second-order valence-electron chi connectivity index (χ2n) is 10.8. The minimum atomic E-state index is -0.634. The first-order valence-corrected chi connectivity index (χ1v) is 12.1. The van der Waals surface area contributed by atoms with Crippen LogP contribution in [0.2, 0.25) is 0 Å². The Balaban J connectivity index is 1.74. The van der Waals surface area contributed by atoms with Crippen molar-refractivity contribution in [1.29, 1.82) is 0 Å². The summed E-state index contributed by atoms with van der Waals surface area (Å²) in [5.74, 6) is -0.0771. The molecule has 1 N–H and O–H groups in total. The van der Waals surface area contributed by atoms with Gasteiger partial charge in [0.05, 0.1) is 5.60 Å². The Kier molecular flexibility index (Phi) is 7.69. The van der Waals surface area contributed by atoms with E-state index in [1.165, 1.54) is 43.4 Å². The Morgan fingerprint density at radius 1 is 1.16 bits per heavy atom. The molecule has 3 aliphatic carbocycles. The first kappa shape index (κ1) is 24.8. The molecule has 0 aromatic carbocycles. The molecule has 0 amide bonds. The highest BCUT2D eigenvalue weighted by atomic mass is 16.6. The summed E-state index contributed by atoms with van der Waals surface area (Å²) >= 11 is 0. The predicted molar refractivity (Wildman–Crippen MR) is 125 cm³/mol. The first-order chi connectivity index (χ1) is 15.0. The van der Waals surface area contributed by atoms with E-state index in [0.717, 1.165) is 25.7 Å². The van der Waals surface area contributed by atoms with Crippen molar-refractivity contribution in [3.8, 4) is 0 Å². The van der Waals surface area contributed by atoms with Gasteiger partial charge in [-0.15, -0.1) is 0 Å². The molecule has 0 aliphatic heterocycles. The molecule has 0 saturated heterocycles. The third-order valence-electron chi connectivity index (χ3n) is 7.42. The van der Waals surface area contributed by atoms with Crippen molar-refractivity contribution in [1.82, 2.24) is 0 Å². The number of aliphatic hydroxyl groups is 1. The highest BCUT2D eigenvalue weighted by Gasteiger charge is 2.44. The monoisotopic (exact) mass is 444 g/mol. The summed E-state index contributed by atoms with van der Waals surface area (Å²) in [6, 6.07) is 0. The van der Waals surface area contributed by atoms with Crippen molar-refractivity contribution in [2.24, 2.45) is 11.3 Å². The molecular formula is C27H40O5. The fraction of sp³-hybridized carbons (Fsp3) is 0.704. The van der Waals surface area contributed by atoms with Crippen LogP contribution in [0, 0.1) is 11.3 Å². The minimum absolute atomic E-state index is 0.182. The van der Waals surface area contributed by atoms with Crippen LogP contribution in [0.3, 0.4) is 0 Å². The van der Waals surface area contributed by atoms with Crippen molar-refractivity contribution >= 4 is 11.9 Å². The Bertz CT molecular complexity index is 786. The van der Waals surface area contributed by atoms with Crippen molar-refractivity contribution in [2.45, 2.75) is 110 Å². The van der Waals surface area contributed by atoms with Gasteiger partial charge in [-0.05, 0) is 63.7 Å². The second-order valence-corrected chi connectivity index (χ2v) is 10.8. The highest BCUT2D eigenvalue weighted by Crippen LogP contribution is 2.56. The topological polar surface area (TPSA) is 72.8 Å². The summed E-state index contributed by atoms with van der Waals surface area (Å²) in [6.45, 7) is 9.02. The largest absolute Gasteiger partial charge is 0.462 e. The molecule has 3 aliphatic rings. The van der Waals surface area contributed by atoms with Crippen molar-refractivity contribution < 1.29 is 24.2 Å². The molecule has 2 saturated carbocycles. The molecule has 0 aromatic heterocycles. The molecule has 0 spiro atoms. The van der Waals surface area contributed by atoms with Crippen LogP contribution in [0.4, 0.5) is 0 Å². The predicted octanol–water partition coefficient (Wildman–Crippen LogP) is 5.57. The van der Waals surface area contributed by atoms with Gasteiger partial charge >= 0.3 is 11.9 Å². The van der Waals surface area contributed by atoms with Crippen LogP contribution in [0.5, 0.6) is 0 Å². The molecular weight excluding hydrogens is 404 g/mol. The number of ether oxygens (including phenoxy) is 2. The maximum absolute atomic E-state index is 11.5. The summed E-state index contributed by atoms with van der Waals surface area (Å²) in [6.07, 6.45) is 14.6. The van der Waals surface area contributed by atoms with Crippen molar-refractivity contribution in [2.75, 3.05) is 0 Å². The number of carbonyl (C=O) groups excluding carboxylic acids is 2. The molecule has 0 bridgehead atoms. The van der Waals surface area contributed by atoms with Crippen LogP contribution in [-0.2, 0) is 19.1 Å². The van der Waals surface area contributed by atoms with Crippen molar-refractivity contribution in [3.05, 3.63) is 34.9 Å². The molecule has 0 heterocycles. The maximum atomic E-state index is 11.5. The molecule has 5 heteroatoms. The van der Waals surface area contributed by atoms with Gasteiger partial charge in [-0.25, -0.2) is 0 Å². The number of carbonyl (C=O) groups is 2. The lowest BCUT2D eigenvalue weighted by atomic mass is 9.63. The Morgan fingerprint density at radius 3 is 2.34 bits per heavy atom. The average molecular weight is 445 g/mol. The van der Waals surface area contributed by atoms with Crippen LogP contribution in [0.1, 0.15) is 92.4 Å². The van der Waals surface area contributed by atoms with E-state index in [1.54, 1.807) is 0 Å². The molecule has 0 radical (unpaired) electrons. The van der Waals surface area contributed by atoms with E-state index in [4.69, 9.17) is 9.47 Å². The van der Waals surface area contributed by atoms with E-state index in [2.05, 4.69) is 25.2 Å². The zero-order chi connectivity index (χ0) is 23.5. The van der Waals surface area contributed by atoms with Gasteiger partial charge in [0.25, 0.3) is 0 Å². The fourth-order valence-electron chi connectivity index (χ4n) is 5.87. The van der Waals surface area contributed by atoms with E-state index in [-0.39, 0.29) is 29.6 Å². The number of fused-ring (bicyclic) bond motifs is 1. The van der Waals surface area contributed by atoms with Gasteiger partial charge in [0.15, 0.2) is 0 Å². The van der Waals surface area contributed by atoms with E-state index in [9.17, 15) is 14.7 Å². The van der Waals surface area contributed by atoms with E-state index < -0.39 is 5.60 Å². The summed E-state index contributed by atoms with van der Waals surface area (Å²) in [4.78, 5) is 23.0. The van der Waals surface area contributed by atoms with Crippen LogP contribution >= 0.6 is 0 Å². The van der Waals surface area contributed by atoms with E-state index in [1.807, 2.05) is 13.8 Å². The molecule has 0 aromatic rings. The summed E-state index contributed by atoms with van der Waals surface area (Å²) in [5.41, 5.74) is 3.71. The number of rotatable bonds is 6. The van der Waals surface area contributed by atoms with E-state index in [0.29, 0.717) is 25.2 Å². The normalized spacial score (nSPS) is 33.1. The number of hydrogen-bond acceptors (Lipinski definition) is 5. The Morgan fingerprint density at radius 2 is 1.78 bits per heavy atom. The second kappa shape index (κ2) is 9.94. The fourth-order valence-corrected chi connectivity index (χ4v) is 5.87. The lowest BCUT2D eigenvalue weighted by Gasteiger charge is -2.41. The standard InChI is InChI=1S/C27H40O5/c1-18(28)31-23-15-20(16-24(17-23)32-19(2)29)8-9-21-7-6-13-27(5)22(10-11-25(21)27)12-14-26(3,4)30/h8-10,23-25,30H,6-7,11-17H2,1-5H3/b20-8?,21-9+/t23-,24?,25?,27-/m1/s1. The molecule has 3 rings (SSSR count). The Labute approximate surface area is 192 Å². The van der Waals surface area contributed by atoms with Gasteiger partial charge in [0, 0.05) is 33.1 Å².